The maximum atomic E-state index is 5.97. The molecular weight excluding hydrogens is 306 g/mol. The van der Waals surface area contributed by atoms with Crippen LogP contribution in [-0.2, 0) is 17.7 Å². The van der Waals surface area contributed by atoms with Gasteiger partial charge in [0.25, 0.3) is 0 Å². The maximum absolute atomic E-state index is 5.97. The topological polar surface area (TPSA) is 69.2 Å². The van der Waals surface area contributed by atoms with Gasteiger partial charge in [0.2, 0.25) is 5.89 Å². The fraction of sp³-hybridized carbons (Fsp3) is 0.706. The van der Waals surface area contributed by atoms with Gasteiger partial charge in [0, 0.05) is 50.8 Å². The van der Waals surface area contributed by atoms with Crippen LogP contribution in [-0.4, -0.2) is 50.6 Å². The molecule has 1 saturated heterocycles. The summed E-state index contributed by atoms with van der Waals surface area (Å²) in [6, 6.07) is 0.417. The van der Waals surface area contributed by atoms with E-state index in [-0.39, 0.29) is 0 Å². The fourth-order valence-electron chi connectivity index (χ4n) is 2.99. The van der Waals surface area contributed by atoms with E-state index in [1.54, 1.807) is 6.92 Å². The summed E-state index contributed by atoms with van der Waals surface area (Å²) in [5.41, 5.74) is 1.29. The van der Waals surface area contributed by atoms with Crippen molar-refractivity contribution >= 4 is 0 Å². The number of likely N-dealkylation sites (tertiary alicyclic amines) is 1. The van der Waals surface area contributed by atoms with E-state index in [9.17, 15) is 0 Å². The molecule has 1 fully saturated rings. The molecule has 0 aromatic carbocycles. The summed E-state index contributed by atoms with van der Waals surface area (Å²) < 4.78 is 12.9. The molecule has 2 aromatic heterocycles. The molecule has 0 atom stereocenters. The molecule has 7 heteroatoms. The molecule has 0 bridgehead atoms. The van der Waals surface area contributed by atoms with Crippen molar-refractivity contribution in [3.05, 3.63) is 29.7 Å². The van der Waals surface area contributed by atoms with Crippen LogP contribution in [0.5, 0.6) is 0 Å². The second kappa shape index (κ2) is 7.90. The van der Waals surface area contributed by atoms with E-state index in [1.165, 1.54) is 5.56 Å². The molecule has 3 rings (SSSR count). The van der Waals surface area contributed by atoms with Gasteiger partial charge in [-0.2, -0.15) is 10.1 Å². The van der Waals surface area contributed by atoms with Crippen molar-refractivity contribution in [2.75, 3.05) is 19.7 Å². The van der Waals surface area contributed by atoms with Crippen molar-refractivity contribution in [1.82, 2.24) is 24.8 Å². The van der Waals surface area contributed by atoms with Crippen molar-refractivity contribution < 1.29 is 9.26 Å². The van der Waals surface area contributed by atoms with Gasteiger partial charge in [-0.1, -0.05) is 5.16 Å². The lowest BCUT2D eigenvalue weighted by Crippen LogP contribution is -2.36. The molecule has 132 valence electrons. The average Bonchev–Trinajstić information content (AvgIpc) is 3.18. The second-order valence-electron chi connectivity index (χ2n) is 6.75. The highest BCUT2D eigenvalue weighted by atomic mass is 16.5. The molecule has 24 heavy (non-hydrogen) atoms. The average molecular weight is 333 g/mol. The van der Waals surface area contributed by atoms with E-state index in [0.29, 0.717) is 31.1 Å². The zero-order chi connectivity index (χ0) is 16.9. The molecule has 0 N–H and O–H groups in total. The van der Waals surface area contributed by atoms with Gasteiger partial charge in [-0.05, 0) is 26.7 Å². The molecule has 1 aliphatic rings. The van der Waals surface area contributed by atoms with Crippen LogP contribution < -0.4 is 0 Å². The van der Waals surface area contributed by atoms with Crippen LogP contribution in [0.4, 0.5) is 0 Å². The van der Waals surface area contributed by atoms with Crippen molar-refractivity contribution in [1.29, 1.82) is 0 Å². The Kier molecular flexibility index (Phi) is 5.63. The fourth-order valence-corrected chi connectivity index (χ4v) is 2.99. The van der Waals surface area contributed by atoms with Gasteiger partial charge < -0.3 is 9.26 Å². The Morgan fingerprint density at radius 2 is 2.12 bits per heavy atom. The van der Waals surface area contributed by atoms with Crippen LogP contribution in [0.2, 0.25) is 0 Å². The number of aryl methyl sites for hydroxylation is 1. The predicted molar refractivity (Wildman–Crippen MR) is 89.6 cm³/mol. The molecule has 0 saturated carbocycles. The van der Waals surface area contributed by atoms with E-state index >= 15 is 0 Å². The predicted octanol–water partition coefficient (Wildman–Crippen LogP) is 2.38. The Bertz CT molecular complexity index is 628. The molecule has 0 spiro atoms. The highest BCUT2D eigenvalue weighted by molar-refractivity contribution is 5.04. The van der Waals surface area contributed by atoms with Crippen LogP contribution in [0.3, 0.4) is 0 Å². The quantitative estimate of drug-likeness (QED) is 0.775. The van der Waals surface area contributed by atoms with E-state index < -0.39 is 0 Å². The third-order valence-corrected chi connectivity index (χ3v) is 4.37. The Morgan fingerprint density at radius 3 is 2.75 bits per heavy atom. The number of aromatic nitrogens is 4. The summed E-state index contributed by atoms with van der Waals surface area (Å²) in [4.78, 5) is 6.67. The minimum atomic E-state index is 0.340. The lowest BCUT2D eigenvalue weighted by atomic mass is 10.1. The lowest BCUT2D eigenvalue weighted by molar-refractivity contribution is 0.00675. The van der Waals surface area contributed by atoms with Gasteiger partial charge in [0.05, 0.1) is 18.9 Å². The molecule has 0 amide bonds. The summed E-state index contributed by atoms with van der Waals surface area (Å²) in [5, 5.41) is 8.30. The normalized spacial score (nSPS) is 17.0. The first kappa shape index (κ1) is 17.1. The van der Waals surface area contributed by atoms with Crippen LogP contribution in [0.25, 0.3) is 0 Å². The largest absolute Gasteiger partial charge is 0.378 e. The first-order valence-electron chi connectivity index (χ1n) is 8.76. The highest BCUT2D eigenvalue weighted by Crippen LogP contribution is 2.17. The zero-order valence-corrected chi connectivity index (χ0v) is 14.8. The summed E-state index contributed by atoms with van der Waals surface area (Å²) >= 11 is 0. The lowest BCUT2D eigenvalue weighted by Gasteiger charge is -2.31. The van der Waals surface area contributed by atoms with Gasteiger partial charge in [-0.15, -0.1) is 0 Å². The first-order valence-corrected chi connectivity index (χ1v) is 8.76. The van der Waals surface area contributed by atoms with Crippen molar-refractivity contribution in [3.63, 3.8) is 0 Å². The van der Waals surface area contributed by atoms with Gasteiger partial charge in [-0.25, -0.2) is 0 Å². The Hall–Kier alpha value is -1.73. The van der Waals surface area contributed by atoms with Gasteiger partial charge >= 0.3 is 0 Å². The minimum Gasteiger partial charge on any atom is -0.378 e. The Labute approximate surface area is 143 Å². The molecular formula is C17H27N5O2. The van der Waals surface area contributed by atoms with Crippen LogP contribution in [0.1, 0.15) is 50.0 Å². The van der Waals surface area contributed by atoms with Gasteiger partial charge in [-0.3, -0.25) is 9.58 Å². The standard InChI is InChI=1S/C17H27N5O2/c1-13(2)22-12-15(10-18-22)11-21-7-4-16(5-8-21)23-9-6-17-19-14(3)24-20-17/h10,12-13,16H,4-9,11H2,1-3H3. The number of hydrogen-bond donors (Lipinski definition) is 0. The molecule has 0 unspecified atom stereocenters. The number of rotatable bonds is 7. The third kappa shape index (κ3) is 4.64. The monoisotopic (exact) mass is 333 g/mol. The van der Waals surface area contributed by atoms with Crippen molar-refractivity contribution in [2.45, 2.75) is 58.7 Å². The molecule has 1 aliphatic heterocycles. The van der Waals surface area contributed by atoms with Crippen LogP contribution in [0.15, 0.2) is 16.9 Å². The van der Waals surface area contributed by atoms with Crippen LogP contribution in [0, 0.1) is 6.92 Å². The minimum absolute atomic E-state index is 0.340. The van der Waals surface area contributed by atoms with Gasteiger partial charge in [0.1, 0.15) is 0 Å². The maximum Gasteiger partial charge on any atom is 0.223 e. The van der Waals surface area contributed by atoms with E-state index in [2.05, 4.69) is 40.2 Å². The molecule has 3 heterocycles. The van der Waals surface area contributed by atoms with Crippen molar-refractivity contribution in [3.8, 4) is 0 Å². The number of nitrogens with zero attached hydrogens (tertiary/aromatic N) is 5. The number of hydrogen-bond acceptors (Lipinski definition) is 6. The summed E-state index contributed by atoms with van der Waals surface area (Å²) in [5.74, 6) is 1.34. The van der Waals surface area contributed by atoms with Crippen molar-refractivity contribution in [2.24, 2.45) is 0 Å². The van der Waals surface area contributed by atoms with Gasteiger partial charge in [0.15, 0.2) is 5.82 Å². The van der Waals surface area contributed by atoms with Crippen LogP contribution >= 0.6 is 0 Å². The SMILES string of the molecule is Cc1nc(CCOC2CCN(Cc3cnn(C(C)C)c3)CC2)no1. The van der Waals surface area contributed by atoms with E-state index in [0.717, 1.165) is 38.3 Å². The van der Waals surface area contributed by atoms with E-state index in [1.807, 2.05) is 10.9 Å². The number of ether oxygens (including phenoxy) is 1. The summed E-state index contributed by atoms with van der Waals surface area (Å²) in [6.45, 7) is 9.87. The smallest absolute Gasteiger partial charge is 0.223 e. The number of piperidine rings is 1. The molecule has 0 radical (unpaired) electrons. The molecule has 7 nitrogen and oxygen atoms in total. The Balaban J connectivity index is 1.36. The Morgan fingerprint density at radius 1 is 1.33 bits per heavy atom. The summed E-state index contributed by atoms with van der Waals surface area (Å²) in [6.07, 6.45) is 7.34. The molecule has 0 aliphatic carbocycles. The summed E-state index contributed by atoms with van der Waals surface area (Å²) in [7, 11) is 0. The molecule has 2 aromatic rings. The second-order valence-corrected chi connectivity index (χ2v) is 6.75. The third-order valence-electron chi connectivity index (χ3n) is 4.37. The highest BCUT2D eigenvalue weighted by Gasteiger charge is 2.20. The zero-order valence-electron chi connectivity index (χ0n) is 14.8. The van der Waals surface area contributed by atoms with E-state index in [4.69, 9.17) is 9.26 Å². The first-order chi connectivity index (χ1) is 11.6.